The molecule has 1 aliphatic heterocycles. The Bertz CT molecular complexity index is 875. The minimum atomic E-state index is -0.214. The van der Waals surface area contributed by atoms with Crippen LogP contribution in [0.3, 0.4) is 0 Å². The number of anilines is 1. The van der Waals surface area contributed by atoms with Crippen molar-refractivity contribution < 1.29 is 0 Å². The van der Waals surface area contributed by atoms with Gasteiger partial charge in [0.1, 0.15) is 11.4 Å². The number of rotatable bonds is 5. The van der Waals surface area contributed by atoms with Crippen LogP contribution < -0.4 is 21.9 Å². The van der Waals surface area contributed by atoms with Gasteiger partial charge in [-0.05, 0) is 56.0 Å². The number of amidine groups is 1. The van der Waals surface area contributed by atoms with Crippen molar-refractivity contribution >= 4 is 17.2 Å². The fraction of sp³-hybridized carbons (Fsp3) is 0.455. The Morgan fingerprint density at radius 3 is 2.54 bits per heavy atom. The Hall–Kier alpha value is -2.60. The van der Waals surface area contributed by atoms with E-state index < -0.39 is 0 Å². The maximum Gasteiger partial charge on any atom is 0.261 e. The second-order valence-electron chi connectivity index (χ2n) is 7.81. The fourth-order valence-electron chi connectivity index (χ4n) is 4.27. The molecule has 1 aromatic carbocycles. The largest absolute Gasteiger partial charge is 0.383 e. The molecule has 4 rings (SSSR count). The van der Waals surface area contributed by atoms with Crippen LogP contribution in [0.15, 0.2) is 46.3 Å². The zero-order chi connectivity index (χ0) is 19.3. The van der Waals surface area contributed by atoms with Crippen molar-refractivity contribution in [3.05, 3.63) is 58.0 Å². The van der Waals surface area contributed by atoms with Gasteiger partial charge in [0.15, 0.2) is 0 Å². The van der Waals surface area contributed by atoms with Crippen LogP contribution in [0.2, 0.25) is 0 Å². The normalized spacial score (nSPS) is 21.0. The van der Waals surface area contributed by atoms with Crippen LogP contribution >= 0.6 is 0 Å². The first-order chi connectivity index (χ1) is 13.7. The number of nitrogens with two attached hydrogens (primary N) is 1. The van der Waals surface area contributed by atoms with Crippen molar-refractivity contribution in [2.75, 3.05) is 11.9 Å². The summed E-state index contributed by atoms with van der Waals surface area (Å²) in [6.45, 7) is 1.07. The van der Waals surface area contributed by atoms with Crippen LogP contribution in [0.5, 0.6) is 0 Å². The van der Waals surface area contributed by atoms with Gasteiger partial charge in [-0.15, -0.1) is 0 Å². The molecule has 2 heterocycles. The number of hydrogen-bond donors (Lipinski definition) is 4. The van der Waals surface area contributed by atoms with Crippen molar-refractivity contribution in [1.82, 2.24) is 10.3 Å². The van der Waals surface area contributed by atoms with E-state index >= 15 is 0 Å². The van der Waals surface area contributed by atoms with Gasteiger partial charge < -0.3 is 21.4 Å². The van der Waals surface area contributed by atoms with Crippen LogP contribution in [0.25, 0.3) is 0 Å². The third-order valence-electron chi connectivity index (χ3n) is 5.79. The molecule has 1 aromatic heterocycles. The van der Waals surface area contributed by atoms with E-state index in [0.29, 0.717) is 17.6 Å². The molecular weight excluding hydrogens is 350 g/mol. The molecule has 1 saturated heterocycles. The first-order valence-corrected chi connectivity index (χ1v) is 10.4. The first-order valence-electron chi connectivity index (χ1n) is 10.4. The van der Waals surface area contributed by atoms with Crippen LogP contribution in [0, 0.1) is 0 Å². The lowest BCUT2D eigenvalue weighted by Gasteiger charge is -2.24. The Morgan fingerprint density at radius 1 is 1.04 bits per heavy atom. The van der Waals surface area contributed by atoms with Gasteiger partial charge in [0.25, 0.3) is 5.56 Å². The molecule has 0 bridgehead atoms. The summed E-state index contributed by atoms with van der Waals surface area (Å²) in [5.74, 6) is 0.243. The molecule has 2 fully saturated rings. The number of nitrogens with zero attached hydrogens (tertiary/aromatic N) is 1. The standard InChI is InChI=1S/C22H29N5O/c23-21(27-17-10-8-15(9-11-17)18-7-4-13-24-18)20-19(12-14-25-22(20)28)26-16-5-2-1-3-6-16/h8-12,14,16,18,24H,1-7,13H2,(H2,23,27)(H2,25,26,28)/t18-/m0/s1. The van der Waals surface area contributed by atoms with Crippen LogP contribution in [0.1, 0.15) is 62.1 Å². The molecule has 2 aromatic rings. The van der Waals surface area contributed by atoms with Gasteiger partial charge in [0, 0.05) is 18.3 Å². The van der Waals surface area contributed by atoms with Gasteiger partial charge in [0.2, 0.25) is 0 Å². The Morgan fingerprint density at radius 2 is 1.82 bits per heavy atom. The van der Waals surface area contributed by atoms with Gasteiger partial charge in [0.05, 0.1) is 11.4 Å². The van der Waals surface area contributed by atoms with Crippen molar-refractivity contribution in [3.63, 3.8) is 0 Å². The zero-order valence-corrected chi connectivity index (χ0v) is 16.2. The highest BCUT2D eigenvalue weighted by Gasteiger charge is 2.18. The molecule has 5 N–H and O–H groups in total. The summed E-state index contributed by atoms with van der Waals surface area (Å²) in [4.78, 5) is 19.7. The number of benzene rings is 1. The Labute approximate surface area is 165 Å². The third kappa shape index (κ3) is 4.28. The van der Waals surface area contributed by atoms with E-state index in [2.05, 4.69) is 32.7 Å². The molecule has 0 radical (unpaired) electrons. The molecule has 0 spiro atoms. The van der Waals surface area contributed by atoms with Crippen LogP contribution in [-0.2, 0) is 0 Å². The molecule has 148 valence electrons. The molecule has 2 aliphatic rings. The van der Waals surface area contributed by atoms with Crippen LogP contribution in [0.4, 0.5) is 11.4 Å². The predicted molar refractivity (Wildman–Crippen MR) is 114 cm³/mol. The summed E-state index contributed by atoms with van der Waals surface area (Å²) in [6.07, 6.45) is 10.0. The highest BCUT2D eigenvalue weighted by Crippen LogP contribution is 2.26. The number of aliphatic imine (C=N–C) groups is 1. The molecule has 0 unspecified atom stereocenters. The molecule has 1 aliphatic carbocycles. The molecule has 28 heavy (non-hydrogen) atoms. The highest BCUT2D eigenvalue weighted by atomic mass is 16.1. The van der Waals surface area contributed by atoms with E-state index in [0.717, 1.165) is 30.8 Å². The monoisotopic (exact) mass is 379 g/mol. The molecule has 1 atom stereocenters. The van der Waals surface area contributed by atoms with Crippen molar-refractivity contribution in [1.29, 1.82) is 0 Å². The number of aromatic nitrogens is 1. The first kappa shape index (κ1) is 18.7. The summed E-state index contributed by atoms with van der Waals surface area (Å²) >= 11 is 0. The second kappa shape index (κ2) is 8.61. The fourth-order valence-corrected chi connectivity index (χ4v) is 4.27. The van der Waals surface area contributed by atoms with E-state index in [9.17, 15) is 4.79 Å². The summed E-state index contributed by atoms with van der Waals surface area (Å²) in [7, 11) is 0. The summed E-state index contributed by atoms with van der Waals surface area (Å²) in [5, 5.41) is 7.01. The minimum absolute atomic E-state index is 0.214. The number of hydrogen-bond acceptors (Lipinski definition) is 4. The van der Waals surface area contributed by atoms with Crippen molar-refractivity contribution in [3.8, 4) is 0 Å². The van der Waals surface area contributed by atoms with Crippen molar-refractivity contribution in [2.45, 2.75) is 57.0 Å². The summed E-state index contributed by atoms with van der Waals surface area (Å²) < 4.78 is 0. The number of nitrogens with one attached hydrogen (secondary N) is 3. The lowest BCUT2D eigenvalue weighted by molar-refractivity contribution is 0.462. The molecule has 6 heteroatoms. The van der Waals surface area contributed by atoms with E-state index in [4.69, 9.17) is 5.73 Å². The van der Waals surface area contributed by atoms with Gasteiger partial charge in [-0.25, -0.2) is 4.99 Å². The van der Waals surface area contributed by atoms with E-state index in [1.807, 2.05) is 18.2 Å². The highest BCUT2D eigenvalue weighted by molar-refractivity contribution is 6.03. The SMILES string of the molecule is NC(=Nc1ccc([C@@H]2CCCN2)cc1)c1c(NC2CCCCC2)cc[nH]c1=O. The lowest BCUT2D eigenvalue weighted by Crippen LogP contribution is -2.29. The zero-order valence-electron chi connectivity index (χ0n) is 16.2. The van der Waals surface area contributed by atoms with Gasteiger partial charge in [-0.1, -0.05) is 31.4 Å². The average Bonchev–Trinajstić information content (AvgIpc) is 3.24. The van der Waals surface area contributed by atoms with Gasteiger partial charge in [-0.3, -0.25) is 4.79 Å². The Kier molecular flexibility index (Phi) is 5.76. The van der Waals surface area contributed by atoms with E-state index in [1.54, 1.807) is 6.20 Å². The predicted octanol–water partition coefficient (Wildman–Crippen LogP) is 3.58. The van der Waals surface area contributed by atoms with Crippen molar-refractivity contribution in [2.24, 2.45) is 10.7 Å². The quantitative estimate of drug-likeness (QED) is 0.472. The summed E-state index contributed by atoms with van der Waals surface area (Å²) in [5.41, 5.74) is 9.28. The number of pyridine rings is 1. The Balaban J connectivity index is 1.56. The van der Waals surface area contributed by atoms with E-state index in [-0.39, 0.29) is 11.4 Å². The van der Waals surface area contributed by atoms with Crippen LogP contribution in [-0.4, -0.2) is 23.4 Å². The molecule has 6 nitrogen and oxygen atoms in total. The average molecular weight is 380 g/mol. The minimum Gasteiger partial charge on any atom is -0.383 e. The van der Waals surface area contributed by atoms with E-state index in [1.165, 1.54) is 37.7 Å². The maximum absolute atomic E-state index is 12.5. The molecule has 1 saturated carbocycles. The number of aromatic amines is 1. The lowest BCUT2D eigenvalue weighted by atomic mass is 9.95. The topological polar surface area (TPSA) is 95.3 Å². The molecular formula is C22H29N5O. The maximum atomic E-state index is 12.5. The smallest absolute Gasteiger partial charge is 0.261 e. The van der Waals surface area contributed by atoms with Gasteiger partial charge >= 0.3 is 0 Å². The van der Waals surface area contributed by atoms with Gasteiger partial charge in [-0.2, -0.15) is 0 Å². The third-order valence-corrected chi connectivity index (χ3v) is 5.79. The second-order valence-corrected chi connectivity index (χ2v) is 7.81. The summed E-state index contributed by atoms with van der Waals surface area (Å²) in [6, 6.07) is 10.8. The molecule has 0 amide bonds. The number of H-pyrrole nitrogens is 1.